The van der Waals surface area contributed by atoms with Crippen LogP contribution in [-0.4, -0.2) is 45.0 Å². The van der Waals surface area contributed by atoms with Crippen molar-refractivity contribution in [1.82, 2.24) is 9.62 Å². The SMILES string of the molecule is CCCN(C1CCNC1)S(=O)(=O)c1ccc(OCC)c(Br)c1.Cl. The Bertz CT molecular complexity index is 607. The van der Waals surface area contributed by atoms with Crippen molar-refractivity contribution in [3.05, 3.63) is 22.7 Å². The maximum absolute atomic E-state index is 13.0. The monoisotopic (exact) mass is 426 g/mol. The highest BCUT2D eigenvalue weighted by atomic mass is 79.9. The summed E-state index contributed by atoms with van der Waals surface area (Å²) in [6, 6.07) is 4.99. The first-order valence-electron chi connectivity index (χ1n) is 7.65. The summed E-state index contributed by atoms with van der Waals surface area (Å²) in [5.74, 6) is 0.658. The van der Waals surface area contributed by atoms with Gasteiger partial charge >= 0.3 is 0 Å². The first kappa shape index (κ1) is 20.7. The van der Waals surface area contributed by atoms with E-state index in [0.717, 1.165) is 25.9 Å². The number of nitrogens with zero attached hydrogens (tertiary/aromatic N) is 1. The number of nitrogens with one attached hydrogen (secondary N) is 1. The van der Waals surface area contributed by atoms with E-state index in [1.807, 2.05) is 13.8 Å². The third-order valence-electron chi connectivity index (χ3n) is 3.70. The molecule has 0 amide bonds. The van der Waals surface area contributed by atoms with E-state index in [4.69, 9.17) is 4.74 Å². The van der Waals surface area contributed by atoms with Crippen LogP contribution < -0.4 is 10.1 Å². The topological polar surface area (TPSA) is 58.6 Å². The van der Waals surface area contributed by atoms with Gasteiger partial charge < -0.3 is 10.1 Å². The summed E-state index contributed by atoms with van der Waals surface area (Å²) in [6.07, 6.45) is 1.66. The van der Waals surface area contributed by atoms with E-state index >= 15 is 0 Å². The van der Waals surface area contributed by atoms with Gasteiger partial charge in [0.05, 0.1) is 16.0 Å². The molecule has 5 nitrogen and oxygen atoms in total. The molecule has 2 rings (SSSR count). The van der Waals surface area contributed by atoms with Crippen LogP contribution in [0.4, 0.5) is 0 Å². The number of halogens is 2. The summed E-state index contributed by atoms with van der Waals surface area (Å²) in [5, 5.41) is 3.24. The standard InChI is InChI=1S/C15H23BrN2O3S.ClH/c1-3-9-18(12-7-8-17-11-12)22(19,20)13-5-6-15(21-4-2)14(16)10-13;/h5-6,10,12,17H,3-4,7-9,11H2,1-2H3;1H. The zero-order valence-corrected chi connectivity index (χ0v) is 16.6. The van der Waals surface area contributed by atoms with Crippen molar-refractivity contribution < 1.29 is 13.2 Å². The van der Waals surface area contributed by atoms with Gasteiger partial charge in [-0.15, -0.1) is 12.4 Å². The first-order chi connectivity index (χ1) is 10.5. The molecule has 0 bridgehead atoms. The molecule has 1 aromatic carbocycles. The Morgan fingerprint density at radius 3 is 2.65 bits per heavy atom. The molecule has 1 aliphatic rings. The van der Waals surface area contributed by atoms with E-state index in [9.17, 15) is 8.42 Å². The largest absolute Gasteiger partial charge is 0.493 e. The molecule has 0 radical (unpaired) electrons. The normalized spacial score (nSPS) is 18.0. The van der Waals surface area contributed by atoms with Gasteiger partial charge in [0.15, 0.2) is 0 Å². The fourth-order valence-electron chi connectivity index (χ4n) is 2.65. The Balaban J connectivity index is 0.00000264. The summed E-state index contributed by atoms with van der Waals surface area (Å²) in [7, 11) is -3.49. The number of hydrogen-bond acceptors (Lipinski definition) is 4. The Morgan fingerprint density at radius 1 is 1.39 bits per heavy atom. The summed E-state index contributed by atoms with van der Waals surface area (Å²) in [5.41, 5.74) is 0. The number of sulfonamides is 1. The number of benzene rings is 1. The summed E-state index contributed by atoms with van der Waals surface area (Å²) in [6.45, 7) is 6.57. The highest BCUT2D eigenvalue weighted by molar-refractivity contribution is 9.10. The zero-order valence-electron chi connectivity index (χ0n) is 13.4. The maximum atomic E-state index is 13.0. The van der Waals surface area contributed by atoms with Crippen molar-refractivity contribution in [1.29, 1.82) is 0 Å². The number of rotatable bonds is 7. The van der Waals surface area contributed by atoms with E-state index in [-0.39, 0.29) is 18.4 Å². The van der Waals surface area contributed by atoms with E-state index in [2.05, 4.69) is 21.2 Å². The van der Waals surface area contributed by atoms with Gasteiger partial charge in [0.2, 0.25) is 10.0 Å². The Labute approximate surface area is 153 Å². The van der Waals surface area contributed by atoms with Gasteiger partial charge in [0.25, 0.3) is 0 Å². The van der Waals surface area contributed by atoms with Gasteiger partial charge in [0, 0.05) is 19.1 Å². The van der Waals surface area contributed by atoms with Crippen molar-refractivity contribution in [3.8, 4) is 5.75 Å². The predicted molar refractivity (Wildman–Crippen MR) is 98.0 cm³/mol. The second-order valence-corrected chi connectivity index (χ2v) is 8.03. The Kier molecular flexibility index (Phi) is 8.30. The van der Waals surface area contributed by atoms with Gasteiger partial charge in [-0.05, 0) is 60.4 Å². The molecule has 1 N–H and O–H groups in total. The van der Waals surface area contributed by atoms with E-state index in [0.29, 0.717) is 28.3 Å². The molecule has 1 fully saturated rings. The van der Waals surface area contributed by atoms with Crippen molar-refractivity contribution in [3.63, 3.8) is 0 Å². The molecular weight excluding hydrogens is 404 g/mol. The van der Waals surface area contributed by atoms with Crippen LogP contribution in [0.1, 0.15) is 26.7 Å². The molecule has 0 aromatic heterocycles. The summed E-state index contributed by atoms with van der Waals surface area (Å²) >= 11 is 3.39. The van der Waals surface area contributed by atoms with E-state index < -0.39 is 10.0 Å². The molecule has 1 aliphatic heterocycles. The fraction of sp³-hybridized carbons (Fsp3) is 0.600. The van der Waals surface area contributed by atoms with Gasteiger partial charge in [-0.25, -0.2) is 8.42 Å². The van der Waals surface area contributed by atoms with Crippen LogP contribution >= 0.6 is 28.3 Å². The molecule has 0 saturated carbocycles. The van der Waals surface area contributed by atoms with Crippen molar-refractivity contribution in [2.45, 2.75) is 37.6 Å². The third kappa shape index (κ3) is 4.82. The van der Waals surface area contributed by atoms with Gasteiger partial charge in [0.1, 0.15) is 5.75 Å². The lowest BCUT2D eigenvalue weighted by molar-refractivity contribution is 0.333. The Hall–Kier alpha value is -0.340. The van der Waals surface area contributed by atoms with Gasteiger partial charge in [-0.3, -0.25) is 0 Å². The predicted octanol–water partition coefficient (Wildman–Crippen LogP) is 3.03. The molecular formula is C15H24BrClN2O3S. The highest BCUT2D eigenvalue weighted by Gasteiger charge is 2.32. The van der Waals surface area contributed by atoms with Crippen molar-refractivity contribution in [2.24, 2.45) is 0 Å². The minimum atomic E-state index is -3.49. The minimum absolute atomic E-state index is 0. The molecule has 1 saturated heterocycles. The quantitative estimate of drug-likeness (QED) is 0.726. The lowest BCUT2D eigenvalue weighted by Crippen LogP contribution is -2.42. The van der Waals surface area contributed by atoms with Crippen molar-refractivity contribution >= 4 is 38.4 Å². The van der Waals surface area contributed by atoms with E-state index in [1.54, 1.807) is 22.5 Å². The van der Waals surface area contributed by atoms with Crippen LogP contribution in [0.2, 0.25) is 0 Å². The Morgan fingerprint density at radius 2 is 2.13 bits per heavy atom. The lowest BCUT2D eigenvalue weighted by Gasteiger charge is -2.27. The molecule has 0 spiro atoms. The average molecular weight is 428 g/mol. The van der Waals surface area contributed by atoms with Gasteiger partial charge in [-0.1, -0.05) is 6.92 Å². The smallest absolute Gasteiger partial charge is 0.243 e. The van der Waals surface area contributed by atoms with Crippen LogP contribution in [0, 0.1) is 0 Å². The number of ether oxygens (including phenoxy) is 1. The molecule has 8 heteroatoms. The molecule has 1 atom stereocenters. The van der Waals surface area contributed by atoms with Crippen LogP contribution in [0.25, 0.3) is 0 Å². The van der Waals surface area contributed by atoms with Gasteiger partial charge in [-0.2, -0.15) is 4.31 Å². The summed E-state index contributed by atoms with van der Waals surface area (Å²) < 4.78 is 33.7. The zero-order chi connectivity index (χ0) is 16.2. The first-order valence-corrected chi connectivity index (χ1v) is 9.89. The molecule has 1 aromatic rings. The fourth-order valence-corrected chi connectivity index (χ4v) is 5.07. The molecule has 1 unspecified atom stereocenters. The highest BCUT2D eigenvalue weighted by Crippen LogP contribution is 2.30. The molecule has 132 valence electrons. The number of hydrogen-bond donors (Lipinski definition) is 1. The maximum Gasteiger partial charge on any atom is 0.243 e. The second kappa shape index (κ2) is 9.22. The van der Waals surface area contributed by atoms with Crippen LogP contribution in [-0.2, 0) is 10.0 Å². The average Bonchev–Trinajstić information content (AvgIpc) is 3.00. The molecule has 1 heterocycles. The molecule has 23 heavy (non-hydrogen) atoms. The van der Waals surface area contributed by atoms with Crippen LogP contribution in [0.3, 0.4) is 0 Å². The summed E-state index contributed by atoms with van der Waals surface area (Å²) in [4.78, 5) is 0.308. The van der Waals surface area contributed by atoms with E-state index in [1.165, 1.54) is 0 Å². The van der Waals surface area contributed by atoms with Crippen molar-refractivity contribution in [2.75, 3.05) is 26.2 Å². The third-order valence-corrected chi connectivity index (χ3v) is 6.26. The second-order valence-electron chi connectivity index (χ2n) is 5.29. The minimum Gasteiger partial charge on any atom is -0.493 e. The molecule has 0 aliphatic carbocycles. The lowest BCUT2D eigenvalue weighted by atomic mass is 10.2. The van der Waals surface area contributed by atoms with Crippen LogP contribution in [0.5, 0.6) is 5.75 Å². The van der Waals surface area contributed by atoms with Crippen LogP contribution in [0.15, 0.2) is 27.6 Å².